The fraction of sp³-hybridized carbons (Fsp3) is 0.259. The van der Waals surface area contributed by atoms with Crippen LogP contribution < -0.4 is 14.4 Å². The molecule has 0 bridgehead atoms. The monoisotopic (exact) mass is 475 g/mol. The number of fused-ring (bicyclic) bond motifs is 1. The second-order valence-electron chi connectivity index (χ2n) is 8.09. The second kappa shape index (κ2) is 11.1. The van der Waals surface area contributed by atoms with E-state index in [0.717, 1.165) is 34.7 Å². The van der Waals surface area contributed by atoms with Crippen LogP contribution in [0, 0.1) is 0 Å². The Morgan fingerprint density at radius 1 is 0.941 bits per heavy atom. The molecule has 7 heteroatoms. The molecule has 0 saturated heterocycles. The van der Waals surface area contributed by atoms with Crippen molar-refractivity contribution < 1.29 is 14.3 Å². The zero-order valence-corrected chi connectivity index (χ0v) is 20.5. The fourth-order valence-corrected chi connectivity index (χ4v) is 4.61. The molecule has 1 amide bonds. The Balaban J connectivity index is 1.64. The van der Waals surface area contributed by atoms with Crippen molar-refractivity contribution in [1.29, 1.82) is 0 Å². The molecule has 0 aliphatic carbocycles. The summed E-state index contributed by atoms with van der Waals surface area (Å²) in [6, 6.07) is 22.7. The minimum absolute atomic E-state index is 0.103. The lowest BCUT2D eigenvalue weighted by atomic mass is 10.2. The van der Waals surface area contributed by atoms with Crippen LogP contribution in [0.5, 0.6) is 17.2 Å². The lowest BCUT2D eigenvalue weighted by Gasteiger charge is -2.21. The molecule has 0 unspecified atom stereocenters. The summed E-state index contributed by atoms with van der Waals surface area (Å²) in [6.45, 7) is 3.94. The minimum Gasteiger partial charge on any atom is -0.492 e. The largest absolute Gasteiger partial charge is 0.492 e. The predicted octanol–water partition coefficient (Wildman–Crippen LogP) is 6.09. The first-order valence-corrected chi connectivity index (χ1v) is 12.2. The Labute approximate surface area is 204 Å². The van der Waals surface area contributed by atoms with Gasteiger partial charge in [0.1, 0.15) is 22.8 Å². The first kappa shape index (κ1) is 23.7. The minimum atomic E-state index is -0.103. The van der Waals surface area contributed by atoms with Gasteiger partial charge in [-0.15, -0.1) is 0 Å². The van der Waals surface area contributed by atoms with Gasteiger partial charge in [0.05, 0.1) is 11.3 Å². The molecule has 4 rings (SSSR count). The van der Waals surface area contributed by atoms with E-state index >= 15 is 0 Å². The van der Waals surface area contributed by atoms with Gasteiger partial charge in [-0.2, -0.15) is 0 Å². The molecular formula is C27H29N3O3S. The number of rotatable bonds is 10. The molecule has 34 heavy (non-hydrogen) atoms. The Bertz CT molecular complexity index is 1240. The Kier molecular flexibility index (Phi) is 7.77. The first-order valence-electron chi connectivity index (χ1n) is 11.4. The summed E-state index contributed by atoms with van der Waals surface area (Å²) in [5.74, 6) is 1.98. The summed E-state index contributed by atoms with van der Waals surface area (Å²) >= 11 is 1.50. The third-order valence-electron chi connectivity index (χ3n) is 5.19. The Hall–Kier alpha value is -3.42. The number of anilines is 1. The SMILES string of the molecule is CCOc1cccc2sc(N(CCCN(C)C)C(=O)c3cccc(Oc4ccccc4)c3)nc12. The summed E-state index contributed by atoms with van der Waals surface area (Å²) in [5, 5.41) is 0.667. The van der Waals surface area contributed by atoms with E-state index in [9.17, 15) is 4.79 Å². The lowest BCUT2D eigenvalue weighted by molar-refractivity contribution is 0.0985. The number of para-hydroxylation sites is 2. The smallest absolute Gasteiger partial charge is 0.260 e. The molecule has 1 aromatic heterocycles. The van der Waals surface area contributed by atoms with Crippen molar-refractivity contribution in [2.45, 2.75) is 13.3 Å². The van der Waals surface area contributed by atoms with Crippen LogP contribution in [0.3, 0.4) is 0 Å². The third kappa shape index (κ3) is 5.73. The van der Waals surface area contributed by atoms with Crippen LogP contribution in [0.1, 0.15) is 23.7 Å². The number of thiazole rings is 1. The lowest BCUT2D eigenvalue weighted by Crippen LogP contribution is -2.33. The van der Waals surface area contributed by atoms with Crippen LogP contribution in [0.15, 0.2) is 72.8 Å². The highest BCUT2D eigenvalue weighted by Gasteiger charge is 2.22. The Morgan fingerprint density at radius 3 is 2.47 bits per heavy atom. The molecule has 0 fully saturated rings. The standard InChI is InChI=1S/C27H29N3O3S/c1-4-32-23-15-9-16-24-25(23)28-27(34-24)30(18-10-17-29(2)3)26(31)20-11-8-14-22(19-20)33-21-12-6-5-7-13-21/h5-9,11-16,19H,4,10,17-18H2,1-3H3. The van der Waals surface area contributed by atoms with E-state index in [0.29, 0.717) is 29.6 Å². The molecule has 0 aliphatic heterocycles. The van der Waals surface area contributed by atoms with Crippen LogP contribution in [0.25, 0.3) is 10.2 Å². The summed E-state index contributed by atoms with van der Waals surface area (Å²) in [4.78, 5) is 22.4. The number of nitrogens with zero attached hydrogens (tertiary/aromatic N) is 3. The molecule has 4 aromatic rings. The highest BCUT2D eigenvalue weighted by atomic mass is 32.1. The number of carbonyl (C=O) groups excluding carboxylic acids is 1. The number of hydrogen-bond acceptors (Lipinski definition) is 6. The molecule has 0 N–H and O–H groups in total. The highest BCUT2D eigenvalue weighted by Crippen LogP contribution is 2.35. The van der Waals surface area contributed by atoms with Crippen molar-refractivity contribution in [2.24, 2.45) is 0 Å². The molecule has 0 spiro atoms. The zero-order valence-electron chi connectivity index (χ0n) is 19.7. The van der Waals surface area contributed by atoms with Crippen LogP contribution in [0.2, 0.25) is 0 Å². The van der Waals surface area contributed by atoms with Crippen molar-refractivity contribution in [3.05, 3.63) is 78.4 Å². The first-order chi connectivity index (χ1) is 16.5. The molecule has 0 saturated carbocycles. The van der Waals surface area contributed by atoms with E-state index in [1.54, 1.807) is 11.0 Å². The van der Waals surface area contributed by atoms with Crippen molar-refractivity contribution in [1.82, 2.24) is 9.88 Å². The van der Waals surface area contributed by atoms with Crippen LogP contribution in [-0.2, 0) is 0 Å². The predicted molar refractivity (Wildman–Crippen MR) is 139 cm³/mol. The number of carbonyl (C=O) groups is 1. The summed E-state index contributed by atoms with van der Waals surface area (Å²) in [7, 11) is 4.06. The molecule has 0 atom stereocenters. The van der Waals surface area contributed by atoms with Crippen molar-refractivity contribution >= 4 is 32.6 Å². The van der Waals surface area contributed by atoms with Gasteiger partial charge in [0.25, 0.3) is 5.91 Å². The zero-order chi connectivity index (χ0) is 23.9. The maximum Gasteiger partial charge on any atom is 0.260 e. The number of aromatic nitrogens is 1. The third-order valence-corrected chi connectivity index (χ3v) is 6.24. The molecule has 0 aliphatic rings. The van der Waals surface area contributed by atoms with Gasteiger partial charge in [-0.25, -0.2) is 4.98 Å². The summed E-state index contributed by atoms with van der Waals surface area (Å²) in [6.07, 6.45) is 0.827. The van der Waals surface area contributed by atoms with Gasteiger partial charge in [0.15, 0.2) is 5.13 Å². The van der Waals surface area contributed by atoms with Gasteiger partial charge >= 0.3 is 0 Å². The maximum atomic E-state index is 13.7. The number of amides is 1. The molecule has 176 valence electrons. The van der Waals surface area contributed by atoms with E-state index in [1.165, 1.54) is 11.3 Å². The van der Waals surface area contributed by atoms with E-state index in [4.69, 9.17) is 14.5 Å². The highest BCUT2D eigenvalue weighted by molar-refractivity contribution is 7.22. The summed E-state index contributed by atoms with van der Waals surface area (Å²) < 4.78 is 12.7. The summed E-state index contributed by atoms with van der Waals surface area (Å²) in [5.41, 5.74) is 1.35. The van der Waals surface area contributed by atoms with Crippen molar-refractivity contribution in [2.75, 3.05) is 38.7 Å². The van der Waals surface area contributed by atoms with Crippen molar-refractivity contribution in [3.8, 4) is 17.2 Å². The van der Waals surface area contributed by atoms with Gasteiger partial charge in [-0.3, -0.25) is 9.69 Å². The number of benzene rings is 3. The van der Waals surface area contributed by atoms with Gasteiger partial charge < -0.3 is 14.4 Å². The van der Waals surface area contributed by atoms with Crippen LogP contribution >= 0.6 is 11.3 Å². The molecule has 3 aromatic carbocycles. The van der Waals surface area contributed by atoms with Crippen LogP contribution in [-0.4, -0.2) is 49.6 Å². The van der Waals surface area contributed by atoms with E-state index in [2.05, 4.69) is 4.90 Å². The van der Waals surface area contributed by atoms with Crippen LogP contribution in [0.4, 0.5) is 5.13 Å². The fourth-order valence-electron chi connectivity index (χ4n) is 3.60. The number of hydrogen-bond donors (Lipinski definition) is 0. The normalized spacial score (nSPS) is 11.1. The second-order valence-corrected chi connectivity index (χ2v) is 9.10. The van der Waals surface area contributed by atoms with Gasteiger partial charge in [0.2, 0.25) is 0 Å². The quantitative estimate of drug-likeness (QED) is 0.278. The molecule has 1 heterocycles. The van der Waals surface area contributed by atoms with Gasteiger partial charge in [-0.1, -0.05) is 41.7 Å². The van der Waals surface area contributed by atoms with E-state index in [1.807, 2.05) is 87.7 Å². The average molecular weight is 476 g/mol. The average Bonchev–Trinajstić information content (AvgIpc) is 3.27. The maximum absolute atomic E-state index is 13.7. The topological polar surface area (TPSA) is 54.9 Å². The van der Waals surface area contributed by atoms with Gasteiger partial charge in [-0.05, 0) is 76.4 Å². The van der Waals surface area contributed by atoms with Crippen molar-refractivity contribution in [3.63, 3.8) is 0 Å². The molecular weight excluding hydrogens is 446 g/mol. The number of ether oxygens (including phenoxy) is 2. The van der Waals surface area contributed by atoms with Gasteiger partial charge in [0, 0.05) is 12.1 Å². The molecule has 6 nitrogen and oxygen atoms in total. The Morgan fingerprint density at radius 2 is 1.71 bits per heavy atom. The molecule has 0 radical (unpaired) electrons. The van der Waals surface area contributed by atoms with E-state index < -0.39 is 0 Å². The van der Waals surface area contributed by atoms with E-state index in [-0.39, 0.29) is 5.91 Å².